The number of hydrogen-bond donors (Lipinski definition) is 1. The summed E-state index contributed by atoms with van der Waals surface area (Å²) in [7, 11) is 0. The Balaban J connectivity index is 1.74. The summed E-state index contributed by atoms with van der Waals surface area (Å²) < 4.78 is 52.7. The minimum absolute atomic E-state index is 0.0536. The number of nitrogens with zero attached hydrogens (tertiary/aromatic N) is 2. The smallest absolute Gasteiger partial charge is 0.416 e. The van der Waals surface area contributed by atoms with E-state index in [0.29, 0.717) is 25.9 Å². The monoisotopic (exact) mass is 380 g/mol. The third kappa shape index (κ3) is 4.45. The van der Waals surface area contributed by atoms with Crippen molar-refractivity contribution in [2.75, 3.05) is 18.0 Å². The number of carboxylic acid groups (broad SMARTS) is 1. The first-order valence-electron chi connectivity index (χ1n) is 8.24. The molecule has 0 spiro atoms. The summed E-state index contributed by atoms with van der Waals surface area (Å²) in [5.41, 5.74) is 0.478. The molecular weight excluding hydrogens is 364 g/mol. The maximum atomic E-state index is 13.4. The third-order valence-electron chi connectivity index (χ3n) is 4.42. The van der Waals surface area contributed by atoms with E-state index in [4.69, 9.17) is 5.11 Å². The van der Waals surface area contributed by atoms with Crippen LogP contribution >= 0.6 is 0 Å². The van der Waals surface area contributed by atoms with Gasteiger partial charge < -0.3 is 10.0 Å². The summed E-state index contributed by atoms with van der Waals surface area (Å²) in [6.07, 6.45) is -0.622. The highest BCUT2D eigenvalue weighted by molar-refractivity contribution is 5.85. The number of halogens is 4. The van der Waals surface area contributed by atoms with Crippen LogP contribution in [-0.4, -0.2) is 29.1 Å². The molecule has 0 bridgehead atoms. The van der Waals surface area contributed by atoms with E-state index in [-0.39, 0.29) is 11.3 Å². The van der Waals surface area contributed by atoms with Gasteiger partial charge in [-0.1, -0.05) is 11.6 Å². The normalized spacial score (nSPS) is 15.0. The van der Waals surface area contributed by atoms with Crippen molar-refractivity contribution in [2.24, 2.45) is 0 Å². The first-order chi connectivity index (χ1) is 12.7. The molecule has 1 fully saturated rings. The number of carbonyl (C=O) groups is 1. The van der Waals surface area contributed by atoms with Gasteiger partial charge in [0.25, 0.3) is 0 Å². The molecule has 0 amide bonds. The van der Waals surface area contributed by atoms with E-state index in [2.05, 4.69) is 4.98 Å². The molecule has 1 aliphatic heterocycles. The fraction of sp³-hybridized carbons (Fsp3) is 0.263. The van der Waals surface area contributed by atoms with Crippen LogP contribution in [-0.2, 0) is 6.18 Å². The molecule has 1 saturated heterocycles. The molecule has 1 aromatic carbocycles. The van der Waals surface area contributed by atoms with Crippen LogP contribution in [0.15, 0.2) is 42.1 Å². The number of hydrogen-bond acceptors (Lipinski definition) is 3. The van der Waals surface area contributed by atoms with Crippen LogP contribution in [0.5, 0.6) is 0 Å². The Labute approximate surface area is 152 Å². The van der Waals surface area contributed by atoms with Gasteiger partial charge in [0, 0.05) is 13.1 Å². The minimum atomic E-state index is -4.54. The molecule has 2 heterocycles. The number of pyridine rings is 1. The standard InChI is InChI=1S/C19H16F4N2O2/c20-14-1-3-16(19(21,22)23)13(10-14)9-12-5-7-25(8-6-12)15-2-4-17(18(26)27)24-11-15/h1-4,9-11H,5-8H2,(H,26,27). The third-order valence-corrected chi connectivity index (χ3v) is 4.42. The number of anilines is 1. The van der Waals surface area contributed by atoms with Gasteiger partial charge in [0.15, 0.2) is 0 Å². The van der Waals surface area contributed by atoms with Gasteiger partial charge >= 0.3 is 12.1 Å². The second-order valence-electron chi connectivity index (χ2n) is 6.23. The van der Waals surface area contributed by atoms with Gasteiger partial charge in [0.2, 0.25) is 0 Å². The van der Waals surface area contributed by atoms with Crippen molar-refractivity contribution in [1.29, 1.82) is 0 Å². The predicted octanol–water partition coefficient (Wildman–Crippen LogP) is 4.62. The van der Waals surface area contributed by atoms with Crippen LogP contribution in [0.4, 0.5) is 23.2 Å². The first-order valence-corrected chi connectivity index (χ1v) is 8.24. The highest BCUT2D eigenvalue weighted by Gasteiger charge is 2.33. The lowest BCUT2D eigenvalue weighted by Gasteiger charge is -2.30. The molecule has 0 unspecified atom stereocenters. The molecule has 1 aromatic heterocycles. The second kappa shape index (κ2) is 7.38. The van der Waals surface area contributed by atoms with Crippen LogP contribution in [0.25, 0.3) is 6.08 Å². The second-order valence-corrected chi connectivity index (χ2v) is 6.23. The van der Waals surface area contributed by atoms with Crippen molar-refractivity contribution in [3.63, 3.8) is 0 Å². The Morgan fingerprint density at radius 1 is 1.15 bits per heavy atom. The highest BCUT2D eigenvalue weighted by atomic mass is 19.4. The fourth-order valence-corrected chi connectivity index (χ4v) is 3.03. The van der Waals surface area contributed by atoms with Crippen molar-refractivity contribution in [3.8, 4) is 0 Å². The van der Waals surface area contributed by atoms with Gasteiger partial charge in [-0.05, 0) is 48.7 Å². The lowest BCUT2D eigenvalue weighted by molar-refractivity contribution is -0.137. The number of benzene rings is 1. The van der Waals surface area contributed by atoms with E-state index in [0.717, 1.165) is 29.5 Å². The van der Waals surface area contributed by atoms with Gasteiger partial charge in [0.1, 0.15) is 11.5 Å². The maximum absolute atomic E-state index is 13.4. The van der Waals surface area contributed by atoms with Crippen molar-refractivity contribution in [2.45, 2.75) is 19.0 Å². The first kappa shape index (κ1) is 18.9. The number of aromatic carboxylic acids is 1. The molecular formula is C19H16F4N2O2. The summed E-state index contributed by atoms with van der Waals surface area (Å²) in [5.74, 6) is -1.82. The number of carboxylic acids is 1. The summed E-state index contributed by atoms with van der Waals surface area (Å²) in [4.78, 5) is 16.7. The molecule has 27 heavy (non-hydrogen) atoms. The van der Waals surface area contributed by atoms with Crippen LogP contribution in [0.2, 0.25) is 0 Å². The lowest BCUT2D eigenvalue weighted by atomic mass is 9.98. The van der Waals surface area contributed by atoms with E-state index in [1.54, 1.807) is 6.07 Å². The Morgan fingerprint density at radius 2 is 1.85 bits per heavy atom. The zero-order valence-corrected chi connectivity index (χ0v) is 14.1. The van der Waals surface area contributed by atoms with E-state index in [1.807, 2.05) is 4.90 Å². The highest BCUT2D eigenvalue weighted by Crippen LogP contribution is 2.34. The van der Waals surface area contributed by atoms with E-state index >= 15 is 0 Å². The molecule has 2 aromatic rings. The predicted molar refractivity (Wildman–Crippen MR) is 92.0 cm³/mol. The fourth-order valence-electron chi connectivity index (χ4n) is 3.03. The molecule has 8 heteroatoms. The lowest BCUT2D eigenvalue weighted by Crippen LogP contribution is -2.30. The molecule has 0 saturated carbocycles. The number of aromatic nitrogens is 1. The van der Waals surface area contributed by atoms with Gasteiger partial charge in [0.05, 0.1) is 17.4 Å². The Hall–Kier alpha value is -2.90. The molecule has 142 valence electrons. The number of rotatable bonds is 3. The number of piperidine rings is 1. The Bertz CT molecular complexity index is 866. The summed E-state index contributed by atoms with van der Waals surface area (Å²) in [6.45, 7) is 1.10. The van der Waals surface area contributed by atoms with Crippen LogP contribution in [0.1, 0.15) is 34.5 Å². The van der Waals surface area contributed by atoms with E-state index in [1.165, 1.54) is 18.3 Å². The minimum Gasteiger partial charge on any atom is -0.477 e. The maximum Gasteiger partial charge on any atom is 0.416 e. The molecule has 1 aliphatic rings. The summed E-state index contributed by atoms with van der Waals surface area (Å²) in [5, 5.41) is 8.87. The summed E-state index contributed by atoms with van der Waals surface area (Å²) in [6, 6.07) is 5.52. The van der Waals surface area contributed by atoms with Gasteiger partial charge in [-0.15, -0.1) is 0 Å². The quantitative estimate of drug-likeness (QED) is 0.790. The van der Waals surface area contributed by atoms with Crippen LogP contribution < -0.4 is 4.90 Å². The Morgan fingerprint density at radius 3 is 2.41 bits per heavy atom. The van der Waals surface area contributed by atoms with E-state index < -0.39 is 23.5 Å². The molecule has 4 nitrogen and oxygen atoms in total. The molecule has 0 aliphatic carbocycles. The van der Waals surface area contributed by atoms with Crippen LogP contribution in [0, 0.1) is 5.82 Å². The SMILES string of the molecule is O=C(O)c1ccc(N2CCC(=Cc3cc(F)ccc3C(F)(F)F)CC2)cn1. The molecule has 0 atom stereocenters. The molecule has 1 N–H and O–H groups in total. The number of alkyl halides is 3. The topological polar surface area (TPSA) is 53.4 Å². The summed E-state index contributed by atoms with van der Waals surface area (Å²) >= 11 is 0. The van der Waals surface area contributed by atoms with E-state index in [9.17, 15) is 22.4 Å². The van der Waals surface area contributed by atoms with Gasteiger partial charge in [-0.2, -0.15) is 13.2 Å². The molecule has 0 radical (unpaired) electrons. The molecule has 3 rings (SSSR count). The van der Waals surface area contributed by atoms with Crippen molar-refractivity contribution >= 4 is 17.7 Å². The van der Waals surface area contributed by atoms with Gasteiger partial charge in [-0.3, -0.25) is 0 Å². The zero-order valence-electron chi connectivity index (χ0n) is 14.1. The van der Waals surface area contributed by atoms with Crippen molar-refractivity contribution < 1.29 is 27.5 Å². The average Bonchev–Trinajstić information content (AvgIpc) is 2.61. The van der Waals surface area contributed by atoms with Crippen LogP contribution in [0.3, 0.4) is 0 Å². The van der Waals surface area contributed by atoms with Gasteiger partial charge in [-0.25, -0.2) is 14.2 Å². The average molecular weight is 380 g/mol. The Kier molecular flexibility index (Phi) is 5.16. The zero-order chi connectivity index (χ0) is 19.6. The van der Waals surface area contributed by atoms with Crippen molar-refractivity contribution in [3.05, 3.63) is 64.7 Å². The van der Waals surface area contributed by atoms with Crippen molar-refractivity contribution in [1.82, 2.24) is 4.98 Å². The largest absolute Gasteiger partial charge is 0.477 e.